The number of nitrogens with zero attached hydrogens (tertiary/aromatic N) is 2. The second kappa shape index (κ2) is 7.91. The first-order valence-corrected chi connectivity index (χ1v) is 6.64. The van der Waals surface area contributed by atoms with Gasteiger partial charge < -0.3 is 16.0 Å². The Kier molecular flexibility index (Phi) is 7.69. The summed E-state index contributed by atoms with van der Waals surface area (Å²) in [6.45, 7) is 10.1. The summed E-state index contributed by atoms with van der Waals surface area (Å²) in [6, 6.07) is 0. The van der Waals surface area contributed by atoms with Crippen LogP contribution in [0.15, 0.2) is 4.99 Å². The molecule has 0 saturated carbocycles. The fraction of sp³-hybridized carbons (Fsp3) is 0.846. The molecule has 0 spiro atoms. The highest BCUT2D eigenvalue weighted by Gasteiger charge is 2.18. The van der Waals surface area contributed by atoms with E-state index in [1.54, 1.807) is 0 Å². The SMILES string of the molecule is CC1CCCN(C(N)=NCC(=O)NC(C)(C)C)C1.I. The van der Waals surface area contributed by atoms with E-state index in [0.717, 1.165) is 19.5 Å². The third-order valence-electron chi connectivity index (χ3n) is 2.88. The lowest BCUT2D eigenvalue weighted by atomic mass is 10.0. The first-order chi connectivity index (χ1) is 8.28. The third-order valence-corrected chi connectivity index (χ3v) is 2.88. The van der Waals surface area contributed by atoms with Crippen molar-refractivity contribution in [1.29, 1.82) is 0 Å². The Hall–Kier alpha value is -0.530. The van der Waals surface area contributed by atoms with Crippen LogP contribution >= 0.6 is 24.0 Å². The molecule has 0 radical (unpaired) electrons. The van der Waals surface area contributed by atoms with Crippen molar-refractivity contribution in [2.45, 2.75) is 46.1 Å². The summed E-state index contributed by atoms with van der Waals surface area (Å²) in [5.41, 5.74) is 5.70. The monoisotopic (exact) mass is 382 g/mol. The van der Waals surface area contributed by atoms with Gasteiger partial charge in [0.05, 0.1) is 0 Å². The normalized spacial score (nSPS) is 20.7. The Bertz CT molecular complexity index is 325. The van der Waals surface area contributed by atoms with Crippen molar-refractivity contribution < 1.29 is 4.79 Å². The molecule has 0 aromatic heterocycles. The van der Waals surface area contributed by atoms with E-state index in [1.165, 1.54) is 6.42 Å². The number of likely N-dealkylation sites (tertiary alicyclic amines) is 1. The quantitative estimate of drug-likeness (QED) is 0.433. The van der Waals surface area contributed by atoms with Gasteiger partial charge >= 0.3 is 0 Å². The standard InChI is InChI=1S/C13H26N4O.HI/c1-10-6-5-7-17(9-10)12(14)15-8-11(18)16-13(2,3)4;/h10H,5-9H2,1-4H3,(H2,14,15)(H,16,18);1H. The Morgan fingerprint density at radius 2 is 2.11 bits per heavy atom. The number of carbonyl (C=O) groups excluding carboxylic acids is 1. The van der Waals surface area contributed by atoms with Gasteiger partial charge in [0.15, 0.2) is 5.96 Å². The topological polar surface area (TPSA) is 70.7 Å². The molecule has 1 unspecified atom stereocenters. The minimum absolute atomic E-state index is 0. The lowest BCUT2D eigenvalue weighted by molar-refractivity contribution is -0.121. The van der Waals surface area contributed by atoms with Gasteiger partial charge in [-0.05, 0) is 39.5 Å². The highest BCUT2D eigenvalue weighted by atomic mass is 127. The molecule has 112 valence electrons. The maximum Gasteiger partial charge on any atom is 0.242 e. The minimum atomic E-state index is -0.221. The summed E-state index contributed by atoms with van der Waals surface area (Å²) in [5, 5.41) is 2.87. The first kappa shape index (κ1) is 18.5. The van der Waals surface area contributed by atoms with E-state index in [2.05, 4.69) is 22.1 Å². The van der Waals surface area contributed by atoms with Crippen LogP contribution in [0.1, 0.15) is 40.5 Å². The molecule has 6 heteroatoms. The molecule has 19 heavy (non-hydrogen) atoms. The molecule has 0 aromatic carbocycles. The zero-order chi connectivity index (χ0) is 13.8. The van der Waals surface area contributed by atoms with Crippen LogP contribution in [-0.4, -0.2) is 41.9 Å². The average Bonchev–Trinajstić information content (AvgIpc) is 2.23. The van der Waals surface area contributed by atoms with Gasteiger partial charge in [-0.3, -0.25) is 4.79 Å². The molecule has 0 aromatic rings. The van der Waals surface area contributed by atoms with Crippen LogP contribution in [0.3, 0.4) is 0 Å². The molecule has 1 amide bonds. The van der Waals surface area contributed by atoms with Gasteiger partial charge in [-0.15, -0.1) is 24.0 Å². The van der Waals surface area contributed by atoms with E-state index in [1.807, 2.05) is 20.8 Å². The maximum atomic E-state index is 11.6. The Labute approximate surface area is 133 Å². The molecule has 1 heterocycles. The first-order valence-electron chi connectivity index (χ1n) is 6.64. The van der Waals surface area contributed by atoms with E-state index in [0.29, 0.717) is 11.9 Å². The highest BCUT2D eigenvalue weighted by molar-refractivity contribution is 14.0. The van der Waals surface area contributed by atoms with E-state index in [-0.39, 0.29) is 42.0 Å². The molecule has 1 aliphatic rings. The van der Waals surface area contributed by atoms with E-state index < -0.39 is 0 Å². The highest BCUT2D eigenvalue weighted by Crippen LogP contribution is 2.14. The van der Waals surface area contributed by atoms with Gasteiger partial charge in [-0.2, -0.15) is 0 Å². The maximum absolute atomic E-state index is 11.6. The van der Waals surface area contributed by atoms with Gasteiger partial charge in [0.1, 0.15) is 6.54 Å². The number of guanidine groups is 1. The predicted octanol–water partition coefficient (Wildman–Crippen LogP) is 1.57. The molecule has 1 atom stereocenters. The third kappa shape index (κ3) is 7.59. The van der Waals surface area contributed by atoms with Crippen LogP contribution in [0.5, 0.6) is 0 Å². The van der Waals surface area contributed by atoms with Gasteiger partial charge in [-0.1, -0.05) is 6.92 Å². The lowest BCUT2D eigenvalue weighted by Gasteiger charge is -2.31. The van der Waals surface area contributed by atoms with Crippen molar-refractivity contribution in [3.8, 4) is 0 Å². The number of amides is 1. The minimum Gasteiger partial charge on any atom is -0.370 e. The van der Waals surface area contributed by atoms with Crippen LogP contribution in [0, 0.1) is 5.92 Å². The van der Waals surface area contributed by atoms with E-state index in [9.17, 15) is 4.79 Å². The molecule has 1 fully saturated rings. The number of nitrogens with one attached hydrogen (secondary N) is 1. The summed E-state index contributed by atoms with van der Waals surface area (Å²) in [5.74, 6) is 1.05. The van der Waals surface area contributed by atoms with Gasteiger partial charge in [0, 0.05) is 18.6 Å². The number of halogens is 1. The van der Waals surface area contributed by atoms with Crippen LogP contribution in [-0.2, 0) is 4.79 Å². The fourth-order valence-electron chi connectivity index (χ4n) is 2.11. The number of hydrogen-bond donors (Lipinski definition) is 2. The molecular formula is C13H27IN4O. The van der Waals surface area contributed by atoms with Crippen molar-refractivity contribution in [1.82, 2.24) is 10.2 Å². The van der Waals surface area contributed by atoms with Crippen LogP contribution < -0.4 is 11.1 Å². The Balaban J connectivity index is 0.00000324. The molecular weight excluding hydrogens is 355 g/mol. The second-order valence-electron chi connectivity index (χ2n) is 6.17. The molecule has 5 nitrogen and oxygen atoms in total. The molecule has 3 N–H and O–H groups in total. The van der Waals surface area contributed by atoms with Crippen molar-refractivity contribution in [2.24, 2.45) is 16.6 Å². The van der Waals surface area contributed by atoms with Gasteiger partial charge in [0.2, 0.25) is 5.91 Å². The number of rotatable bonds is 2. The van der Waals surface area contributed by atoms with E-state index >= 15 is 0 Å². The Morgan fingerprint density at radius 1 is 1.47 bits per heavy atom. The largest absolute Gasteiger partial charge is 0.370 e. The Morgan fingerprint density at radius 3 is 2.63 bits per heavy atom. The number of piperidine rings is 1. The molecule has 1 aliphatic heterocycles. The van der Waals surface area contributed by atoms with Crippen molar-refractivity contribution in [3.63, 3.8) is 0 Å². The summed E-state index contributed by atoms with van der Waals surface area (Å²) in [7, 11) is 0. The number of nitrogens with two attached hydrogens (primary N) is 1. The summed E-state index contributed by atoms with van der Waals surface area (Å²) in [4.78, 5) is 17.9. The smallest absolute Gasteiger partial charge is 0.242 e. The number of hydrogen-bond acceptors (Lipinski definition) is 2. The van der Waals surface area contributed by atoms with Crippen molar-refractivity contribution in [2.75, 3.05) is 19.6 Å². The summed E-state index contributed by atoms with van der Waals surface area (Å²) in [6.07, 6.45) is 2.39. The van der Waals surface area contributed by atoms with Crippen LogP contribution in [0.25, 0.3) is 0 Å². The van der Waals surface area contributed by atoms with E-state index in [4.69, 9.17) is 5.73 Å². The van der Waals surface area contributed by atoms with Crippen molar-refractivity contribution in [3.05, 3.63) is 0 Å². The second-order valence-corrected chi connectivity index (χ2v) is 6.17. The molecule has 0 aliphatic carbocycles. The van der Waals surface area contributed by atoms with Crippen LogP contribution in [0.2, 0.25) is 0 Å². The van der Waals surface area contributed by atoms with Crippen LogP contribution in [0.4, 0.5) is 0 Å². The van der Waals surface area contributed by atoms with Gasteiger partial charge in [0.25, 0.3) is 0 Å². The zero-order valence-electron chi connectivity index (χ0n) is 12.4. The zero-order valence-corrected chi connectivity index (χ0v) is 14.7. The lowest BCUT2D eigenvalue weighted by Crippen LogP contribution is -2.45. The number of carbonyl (C=O) groups is 1. The molecule has 0 bridgehead atoms. The summed E-state index contributed by atoms with van der Waals surface area (Å²) >= 11 is 0. The predicted molar refractivity (Wildman–Crippen MR) is 89.8 cm³/mol. The summed E-state index contributed by atoms with van der Waals surface area (Å²) < 4.78 is 0. The van der Waals surface area contributed by atoms with Gasteiger partial charge in [-0.25, -0.2) is 4.99 Å². The fourth-order valence-corrected chi connectivity index (χ4v) is 2.11. The average molecular weight is 382 g/mol. The van der Waals surface area contributed by atoms with Crippen molar-refractivity contribution >= 4 is 35.8 Å². The number of aliphatic imine (C=N–C) groups is 1. The molecule has 1 rings (SSSR count). The molecule has 1 saturated heterocycles.